The van der Waals surface area contributed by atoms with Crippen LogP contribution in [0.15, 0.2) is 18.2 Å². The molecular formula is C21H38O2. The van der Waals surface area contributed by atoms with Crippen LogP contribution in [-0.4, -0.2) is 13.2 Å². The summed E-state index contributed by atoms with van der Waals surface area (Å²) < 4.78 is 10.8. The van der Waals surface area contributed by atoms with Crippen LogP contribution in [0.1, 0.15) is 78.7 Å². The largest absolute Gasteiger partial charge is 0.486 e. The average molecular weight is 323 g/mol. The zero-order chi connectivity index (χ0) is 17.5. The number of aryl methyl sites for hydroxylation is 1. The number of benzene rings is 1. The molecule has 0 aromatic heterocycles. The minimum atomic E-state index is 0.663. The van der Waals surface area contributed by atoms with Crippen molar-refractivity contribution in [2.45, 2.75) is 80.1 Å². The zero-order valence-electron chi connectivity index (χ0n) is 16.3. The molecular weight excluding hydrogens is 284 g/mol. The second kappa shape index (κ2) is 14.4. The fourth-order valence-corrected chi connectivity index (χ4v) is 2.02. The normalized spacial score (nSPS) is 12.0. The molecule has 1 aromatic carbocycles. The lowest BCUT2D eigenvalue weighted by Crippen LogP contribution is -2.15. The third-order valence-electron chi connectivity index (χ3n) is 3.65. The summed E-state index contributed by atoms with van der Waals surface area (Å²) in [4.78, 5) is 0. The van der Waals surface area contributed by atoms with Crippen LogP contribution < -0.4 is 9.47 Å². The van der Waals surface area contributed by atoms with Crippen molar-refractivity contribution in [3.05, 3.63) is 23.8 Å². The summed E-state index contributed by atoms with van der Waals surface area (Å²) in [5, 5.41) is 0. The molecule has 0 bridgehead atoms. The molecule has 0 aliphatic carbocycles. The van der Waals surface area contributed by atoms with E-state index in [9.17, 15) is 0 Å². The Morgan fingerprint density at radius 1 is 0.913 bits per heavy atom. The molecule has 2 nitrogen and oxygen atoms in total. The van der Waals surface area contributed by atoms with Gasteiger partial charge in [0.15, 0.2) is 11.5 Å². The number of hydrogen-bond donors (Lipinski definition) is 0. The molecule has 1 heterocycles. The van der Waals surface area contributed by atoms with E-state index >= 15 is 0 Å². The monoisotopic (exact) mass is 322 g/mol. The second-order valence-corrected chi connectivity index (χ2v) is 6.49. The second-order valence-electron chi connectivity index (χ2n) is 6.49. The van der Waals surface area contributed by atoms with Crippen molar-refractivity contribution in [3.63, 3.8) is 0 Å². The molecule has 0 radical (unpaired) electrons. The highest BCUT2D eigenvalue weighted by atomic mass is 16.6. The molecule has 1 aromatic rings. The molecule has 1 aliphatic heterocycles. The van der Waals surface area contributed by atoms with Crippen molar-refractivity contribution in [1.29, 1.82) is 0 Å². The Morgan fingerprint density at radius 3 is 2.09 bits per heavy atom. The molecule has 2 rings (SSSR count). The van der Waals surface area contributed by atoms with Crippen molar-refractivity contribution < 1.29 is 9.47 Å². The summed E-state index contributed by atoms with van der Waals surface area (Å²) in [6.45, 7) is 14.5. The van der Waals surface area contributed by atoms with Crippen LogP contribution in [0.4, 0.5) is 0 Å². The van der Waals surface area contributed by atoms with Gasteiger partial charge in [0, 0.05) is 0 Å². The summed E-state index contributed by atoms with van der Waals surface area (Å²) in [6.07, 6.45) is 8.24. The Bertz CT molecular complexity index is 383. The Hall–Kier alpha value is -1.18. The Balaban J connectivity index is 0.000000357. The summed E-state index contributed by atoms with van der Waals surface area (Å²) in [5.74, 6) is 2.68. The minimum Gasteiger partial charge on any atom is -0.486 e. The maximum atomic E-state index is 5.43. The first-order chi connectivity index (χ1) is 11.1. The van der Waals surface area contributed by atoms with Crippen molar-refractivity contribution in [3.8, 4) is 11.5 Å². The Labute approximate surface area is 144 Å². The molecule has 0 saturated heterocycles. The van der Waals surface area contributed by atoms with Crippen molar-refractivity contribution >= 4 is 0 Å². The minimum absolute atomic E-state index is 0.663. The predicted octanol–water partition coefficient (Wildman–Crippen LogP) is 6.80. The van der Waals surface area contributed by atoms with E-state index < -0.39 is 0 Å². The first-order valence-corrected chi connectivity index (χ1v) is 9.41. The van der Waals surface area contributed by atoms with Crippen LogP contribution in [0.2, 0.25) is 0 Å². The quantitative estimate of drug-likeness (QED) is 0.555. The van der Waals surface area contributed by atoms with Crippen LogP contribution in [0.5, 0.6) is 11.5 Å². The molecule has 0 N–H and O–H groups in total. The lowest BCUT2D eigenvalue weighted by Gasteiger charge is -2.19. The molecule has 0 atom stereocenters. The van der Waals surface area contributed by atoms with Gasteiger partial charge in [-0.1, -0.05) is 85.3 Å². The van der Waals surface area contributed by atoms with Gasteiger partial charge in [0.1, 0.15) is 13.2 Å². The van der Waals surface area contributed by atoms with Crippen molar-refractivity contribution in [2.75, 3.05) is 13.2 Å². The molecule has 2 heteroatoms. The number of rotatable bonds is 5. The average Bonchev–Trinajstić information content (AvgIpc) is 2.56. The summed E-state index contributed by atoms with van der Waals surface area (Å²) >= 11 is 0. The first kappa shape index (κ1) is 21.8. The summed E-state index contributed by atoms with van der Waals surface area (Å²) in [7, 11) is 0. The van der Waals surface area contributed by atoms with E-state index in [1.54, 1.807) is 0 Å². The van der Waals surface area contributed by atoms with Crippen LogP contribution in [0.25, 0.3) is 0 Å². The lowest BCUT2D eigenvalue weighted by molar-refractivity contribution is 0.170. The highest BCUT2D eigenvalue weighted by Crippen LogP contribution is 2.32. The van der Waals surface area contributed by atoms with E-state index in [1.807, 2.05) is 25.1 Å². The molecule has 23 heavy (non-hydrogen) atoms. The van der Waals surface area contributed by atoms with Gasteiger partial charge in [-0.2, -0.15) is 0 Å². The van der Waals surface area contributed by atoms with Gasteiger partial charge in [0.05, 0.1) is 0 Å². The topological polar surface area (TPSA) is 18.5 Å². The van der Waals surface area contributed by atoms with E-state index in [2.05, 4.69) is 34.6 Å². The van der Waals surface area contributed by atoms with Gasteiger partial charge in [-0.25, -0.2) is 0 Å². The van der Waals surface area contributed by atoms with Gasteiger partial charge >= 0.3 is 0 Å². The molecule has 0 saturated carbocycles. The SMILES string of the molecule is CCCC.CCCCCC(C)C.Cc1cccc2c1OCCO2. The molecule has 0 fully saturated rings. The smallest absolute Gasteiger partial charge is 0.164 e. The fourth-order valence-electron chi connectivity index (χ4n) is 2.02. The predicted molar refractivity (Wildman–Crippen MR) is 102 cm³/mol. The van der Waals surface area contributed by atoms with Gasteiger partial charge in [-0.3, -0.25) is 0 Å². The van der Waals surface area contributed by atoms with Crippen LogP contribution in [0, 0.1) is 12.8 Å². The summed E-state index contributed by atoms with van der Waals surface area (Å²) in [6, 6.07) is 5.93. The Kier molecular flexibility index (Phi) is 13.7. The third-order valence-corrected chi connectivity index (χ3v) is 3.65. The van der Waals surface area contributed by atoms with Gasteiger partial charge in [-0.05, 0) is 24.5 Å². The number of fused-ring (bicyclic) bond motifs is 1. The zero-order valence-corrected chi connectivity index (χ0v) is 16.3. The number of unbranched alkanes of at least 4 members (excludes halogenated alkanes) is 3. The van der Waals surface area contributed by atoms with E-state index in [1.165, 1.54) is 38.5 Å². The highest BCUT2D eigenvalue weighted by molar-refractivity contribution is 5.46. The van der Waals surface area contributed by atoms with E-state index in [0.717, 1.165) is 23.0 Å². The number of hydrogen-bond acceptors (Lipinski definition) is 2. The molecule has 1 aliphatic rings. The van der Waals surface area contributed by atoms with Gasteiger partial charge in [0.2, 0.25) is 0 Å². The van der Waals surface area contributed by atoms with Crippen molar-refractivity contribution in [2.24, 2.45) is 5.92 Å². The van der Waals surface area contributed by atoms with E-state index in [4.69, 9.17) is 9.47 Å². The standard InChI is InChI=1S/C9H10O2.C8H18.C4H10/c1-7-3-2-4-8-9(7)11-6-5-10-8;1-4-5-6-7-8(2)3;1-3-4-2/h2-4H,5-6H2,1H3;8H,4-7H2,1-3H3;3-4H2,1-2H3. The maximum absolute atomic E-state index is 5.43. The first-order valence-electron chi connectivity index (χ1n) is 9.41. The Morgan fingerprint density at radius 2 is 1.57 bits per heavy atom. The molecule has 0 amide bonds. The van der Waals surface area contributed by atoms with Crippen LogP contribution in [0.3, 0.4) is 0 Å². The van der Waals surface area contributed by atoms with Crippen molar-refractivity contribution in [1.82, 2.24) is 0 Å². The van der Waals surface area contributed by atoms with Gasteiger partial charge in [0.25, 0.3) is 0 Å². The molecule has 134 valence electrons. The van der Waals surface area contributed by atoms with E-state index in [-0.39, 0.29) is 0 Å². The summed E-state index contributed by atoms with van der Waals surface area (Å²) in [5.41, 5.74) is 1.14. The maximum Gasteiger partial charge on any atom is 0.164 e. The number of ether oxygens (including phenoxy) is 2. The van der Waals surface area contributed by atoms with Gasteiger partial charge in [-0.15, -0.1) is 0 Å². The lowest BCUT2D eigenvalue weighted by atomic mass is 10.1. The highest BCUT2D eigenvalue weighted by Gasteiger charge is 2.11. The van der Waals surface area contributed by atoms with Gasteiger partial charge < -0.3 is 9.47 Å². The number of para-hydroxylation sites is 1. The molecule has 0 spiro atoms. The van der Waals surface area contributed by atoms with Crippen LogP contribution in [-0.2, 0) is 0 Å². The molecule has 0 unspecified atom stereocenters. The third kappa shape index (κ3) is 11.1. The fraction of sp³-hybridized carbons (Fsp3) is 0.714. The van der Waals surface area contributed by atoms with E-state index in [0.29, 0.717) is 13.2 Å². The van der Waals surface area contributed by atoms with Crippen LogP contribution >= 0.6 is 0 Å².